The zero-order valence-electron chi connectivity index (χ0n) is 9.04. The summed E-state index contributed by atoms with van der Waals surface area (Å²) in [5.41, 5.74) is 0.0225. The lowest BCUT2D eigenvalue weighted by atomic mass is 10.2. The standard InChI is InChI=1S/C10H16N2O3/c1-3-5-15-6-8-11-9(13)7(4-2)10(14)12-8/h3-6H2,1-2H3,(H2,11,12,13,14). The number of aromatic hydroxyl groups is 1. The van der Waals surface area contributed by atoms with Gasteiger partial charge in [-0.2, -0.15) is 4.98 Å². The van der Waals surface area contributed by atoms with E-state index < -0.39 is 0 Å². The van der Waals surface area contributed by atoms with Crippen molar-refractivity contribution in [2.75, 3.05) is 6.61 Å². The van der Waals surface area contributed by atoms with Gasteiger partial charge in [-0.3, -0.25) is 4.79 Å². The average Bonchev–Trinajstić information content (AvgIpc) is 2.18. The molecule has 15 heavy (non-hydrogen) atoms. The van der Waals surface area contributed by atoms with Crippen LogP contribution in [0.2, 0.25) is 0 Å². The number of nitrogens with one attached hydrogen (secondary N) is 1. The molecule has 0 atom stereocenters. The molecule has 5 heteroatoms. The highest BCUT2D eigenvalue weighted by atomic mass is 16.5. The predicted octanol–water partition coefficient (Wildman–Crippen LogP) is 0.964. The first-order valence-corrected chi connectivity index (χ1v) is 5.07. The summed E-state index contributed by atoms with van der Waals surface area (Å²) < 4.78 is 5.21. The van der Waals surface area contributed by atoms with E-state index in [1.165, 1.54) is 0 Å². The molecule has 0 aromatic carbocycles. The van der Waals surface area contributed by atoms with E-state index in [0.29, 0.717) is 24.4 Å². The summed E-state index contributed by atoms with van der Waals surface area (Å²) >= 11 is 0. The molecule has 0 amide bonds. The van der Waals surface area contributed by atoms with Crippen LogP contribution in [0, 0.1) is 0 Å². The fourth-order valence-electron chi connectivity index (χ4n) is 1.23. The first kappa shape index (κ1) is 11.7. The van der Waals surface area contributed by atoms with E-state index in [-0.39, 0.29) is 18.0 Å². The number of hydrogen-bond acceptors (Lipinski definition) is 4. The van der Waals surface area contributed by atoms with Crippen molar-refractivity contribution in [1.29, 1.82) is 0 Å². The quantitative estimate of drug-likeness (QED) is 0.713. The van der Waals surface area contributed by atoms with E-state index in [2.05, 4.69) is 9.97 Å². The normalized spacial score (nSPS) is 10.5. The molecular formula is C10H16N2O3. The van der Waals surface area contributed by atoms with E-state index in [9.17, 15) is 9.90 Å². The van der Waals surface area contributed by atoms with Crippen molar-refractivity contribution in [2.24, 2.45) is 0 Å². The Kier molecular flexibility index (Phi) is 4.30. The number of aromatic nitrogens is 2. The Balaban J connectivity index is 2.80. The van der Waals surface area contributed by atoms with Gasteiger partial charge in [-0.05, 0) is 12.8 Å². The fourth-order valence-corrected chi connectivity index (χ4v) is 1.23. The molecule has 1 aromatic heterocycles. The van der Waals surface area contributed by atoms with E-state index in [0.717, 1.165) is 6.42 Å². The third-order valence-electron chi connectivity index (χ3n) is 1.98. The van der Waals surface area contributed by atoms with Gasteiger partial charge in [0, 0.05) is 6.61 Å². The highest BCUT2D eigenvalue weighted by Crippen LogP contribution is 2.08. The molecule has 1 rings (SSSR count). The summed E-state index contributed by atoms with van der Waals surface area (Å²) in [5, 5.41) is 9.44. The predicted molar refractivity (Wildman–Crippen MR) is 55.8 cm³/mol. The molecule has 0 radical (unpaired) electrons. The Bertz CT molecular complexity index is 373. The number of nitrogens with zero attached hydrogens (tertiary/aromatic N) is 1. The molecule has 84 valence electrons. The number of hydrogen-bond donors (Lipinski definition) is 2. The molecule has 0 saturated heterocycles. The van der Waals surface area contributed by atoms with Crippen molar-refractivity contribution in [3.8, 4) is 5.88 Å². The van der Waals surface area contributed by atoms with E-state index in [1.54, 1.807) is 6.92 Å². The molecule has 2 N–H and O–H groups in total. The SMILES string of the molecule is CCCOCc1nc(O)c(CC)c(=O)[nH]1. The topological polar surface area (TPSA) is 75.2 Å². The first-order valence-electron chi connectivity index (χ1n) is 5.07. The Morgan fingerprint density at radius 3 is 2.73 bits per heavy atom. The third-order valence-corrected chi connectivity index (χ3v) is 1.98. The van der Waals surface area contributed by atoms with Gasteiger partial charge in [0.05, 0.1) is 5.56 Å². The molecule has 0 aliphatic heterocycles. The number of ether oxygens (including phenoxy) is 1. The van der Waals surface area contributed by atoms with Gasteiger partial charge in [-0.15, -0.1) is 0 Å². The van der Waals surface area contributed by atoms with Gasteiger partial charge < -0.3 is 14.8 Å². The average molecular weight is 212 g/mol. The highest BCUT2D eigenvalue weighted by molar-refractivity contribution is 5.21. The van der Waals surface area contributed by atoms with E-state index in [1.807, 2.05) is 6.92 Å². The van der Waals surface area contributed by atoms with Crippen molar-refractivity contribution >= 4 is 0 Å². The Labute approximate surface area is 88.1 Å². The molecular weight excluding hydrogens is 196 g/mol. The lowest BCUT2D eigenvalue weighted by Crippen LogP contribution is -2.16. The molecule has 0 spiro atoms. The van der Waals surface area contributed by atoms with E-state index in [4.69, 9.17) is 4.74 Å². The minimum Gasteiger partial charge on any atom is -0.493 e. The van der Waals surface area contributed by atoms with Crippen molar-refractivity contribution in [3.63, 3.8) is 0 Å². The summed E-state index contributed by atoms with van der Waals surface area (Å²) in [7, 11) is 0. The van der Waals surface area contributed by atoms with Crippen LogP contribution in [0.3, 0.4) is 0 Å². The summed E-state index contributed by atoms with van der Waals surface area (Å²) in [4.78, 5) is 17.8. The second-order valence-electron chi connectivity index (χ2n) is 3.22. The van der Waals surface area contributed by atoms with Crippen molar-refractivity contribution < 1.29 is 9.84 Å². The minimum absolute atomic E-state index is 0.198. The zero-order valence-corrected chi connectivity index (χ0v) is 9.04. The third kappa shape index (κ3) is 3.06. The van der Waals surface area contributed by atoms with Gasteiger partial charge in [0.25, 0.3) is 5.56 Å². The number of rotatable bonds is 5. The maximum absolute atomic E-state index is 11.4. The summed E-state index contributed by atoms with van der Waals surface area (Å²) in [5.74, 6) is 0.166. The fraction of sp³-hybridized carbons (Fsp3) is 0.600. The highest BCUT2D eigenvalue weighted by Gasteiger charge is 2.08. The van der Waals surface area contributed by atoms with Gasteiger partial charge in [0.2, 0.25) is 5.88 Å². The van der Waals surface area contributed by atoms with Crippen LogP contribution in [0.15, 0.2) is 4.79 Å². The lowest BCUT2D eigenvalue weighted by molar-refractivity contribution is 0.115. The molecule has 0 aliphatic carbocycles. The maximum atomic E-state index is 11.4. The van der Waals surface area contributed by atoms with Crippen molar-refractivity contribution in [2.45, 2.75) is 33.3 Å². The smallest absolute Gasteiger partial charge is 0.257 e. The minimum atomic E-state index is -0.292. The van der Waals surface area contributed by atoms with Gasteiger partial charge in [-0.25, -0.2) is 0 Å². The van der Waals surface area contributed by atoms with Crippen LogP contribution in [0.4, 0.5) is 0 Å². The van der Waals surface area contributed by atoms with Crippen LogP contribution in [0.25, 0.3) is 0 Å². The van der Waals surface area contributed by atoms with E-state index >= 15 is 0 Å². The van der Waals surface area contributed by atoms with Crippen LogP contribution in [0.5, 0.6) is 5.88 Å². The monoisotopic (exact) mass is 212 g/mol. The van der Waals surface area contributed by atoms with Gasteiger partial charge in [0.1, 0.15) is 12.4 Å². The molecule has 5 nitrogen and oxygen atoms in total. The number of aromatic amines is 1. The Morgan fingerprint density at radius 2 is 2.20 bits per heavy atom. The van der Waals surface area contributed by atoms with Gasteiger partial charge in [-0.1, -0.05) is 13.8 Å². The Morgan fingerprint density at radius 1 is 1.47 bits per heavy atom. The van der Waals surface area contributed by atoms with Crippen molar-refractivity contribution in [1.82, 2.24) is 9.97 Å². The maximum Gasteiger partial charge on any atom is 0.257 e. The molecule has 0 saturated carbocycles. The summed E-state index contributed by atoms with van der Waals surface area (Å²) in [6.45, 7) is 4.62. The number of H-pyrrole nitrogens is 1. The van der Waals surface area contributed by atoms with Crippen LogP contribution >= 0.6 is 0 Å². The second-order valence-corrected chi connectivity index (χ2v) is 3.22. The molecule has 0 unspecified atom stereocenters. The molecule has 0 aliphatic rings. The molecule has 0 fully saturated rings. The molecule has 0 bridgehead atoms. The zero-order chi connectivity index (χ0) is 11.3. The lowest BCUT2D eigenvalue weighted by Gasteiger charge is -2.04. The van der Waals surface area contributed by atoms with Gasteiger partial charge in [0.15, 0.2) is 0 Å². The second kappa shape index (κ2) is 5.50. The molecule has 1 aromatic rings. The first-order chi connectivity index (χ1) is 7.19. The molecule has 1 heterocycles. The largest absolute Gasteiger partial charge is 0.493 e. The Hall–Kier alpha value is -1.36. The van der Waals surface area contributed by atoms with Gasteiger partial charge >= 0.3 is 0 Å². The van der Waals surface area contributed by atoms with Crippen LogP contribution in [0.1, 0.15) is 31.7 Å². The summed E-state index contributed by atoms with van der Waals surface area (Å²) in [6.07, 6.45) is 1.37. The summed E-state index contributed by atoms with van der Waals surface area (Å²) in [6, 6.07) is 0. The van der Waals surface area contributed by atoms with Crippen LogP contribution in [-0.2, 0) is 17.8 Å². The van der Waals surface area contributed by atoms with Crippen LogP contribution in [-0.4, -0.2) is 21.7 Å². The van der Waals surface area contributed by atoms with Crippen LogP contribution < -0.4 is 5.56 Å². The van der Waals surface area contributed by atoms with Crippen molar-refractivity contribution in [3.05, 3.63) is 21.7 Å².